The van der Waals surface area contributed by atoms with Crippen LogP contribution >= 0.6 is 11.6 Å². The molecule has 1 heterocycles. The third kappa shape index (κ3) is 4.69. The van der Waals surface area contributed by atoms with Crippen LogP contribution in [-0.4, -0.2) is 38.4 Å². The minimum absolute atomic E-state index is 0.0536. The van der Waals surface area contributed by atoms with Crippen molar-refractivity contribution in [3.05, 3.63) is 64.2 Å². The van der Waals surface area contributed by atoms with Crippen molar-refractivity contribution in [1.82, 2.24) is 9.62 Å². The fourth-order valence-corrected chi connectivity index (χ4v) is 4.66. The number of nitrogens with one attached hydrogen (secondary N) is 1. The zero-order valence-electron chi connectivity index (χ0n) is 15.4. The van der Waals surface area contributed by atoms with Gasteiger partial charge >= 0.3 is 0 Å². The van der Waals surface area contributed by atoms with Crippen molar-refractivity contribution >= 4 is 27.5 Å². The van der Waals surface area contributed by atoms with Gasteiger partial charge in [-0.1, -0.05) is 17.7 Å². The molecule has 0 atom stereocenters. The molecule has 1 saturated heterocycles. The van der Waals surface area contributed by atoms with E-state index < -0.39 is 10.0 Å². The molecule has 0 unspecified atom stereocenters. The molecule has 0 saturated carbocycles. The Labute approximate surface area is 165 Å². The predicted molar refractivity (Wildman–Crippen MR) is 107 cm³/mol. The van der Waals surface area contributed by atoms with Crippen molar-refractivity contribution in [1.29, 1.82) is 0 Å². The van der Waals surface area contributed by atoms with Crippen molar-refractivity contribution in [2.75, 3.05) is 13.1 Å². The molecule has 5 nitrogen and oxygen atoms in total. The second kappa shape index (κ2) is 8.00. The van der Waals surface area contributed by atoms with E-state index in [0.29, 0.717) is 36.5 Å². The second-order valence-corrected chi connectivity index (χ2v) is 9.09. The van der Waals surface area contributed by atoms with E-state index in [0.717, 1.165) is 11.1 Å². The second-order valence-electron chi connectivity index (χ2n) is 6.94. The van der Waals surface area contributed by atoms with Crippen LogP contribution in [0.15, 0.2) is 47.4 Å². The highest BCUT2D eigenvalue weighted by Gasteiger charge is 2.27. The predicted octanol–water partition coefficient (Wildman–Crippen LogP) is 3.54. The van der Waals surface area contributed by atoms with Crippen molar-refractivity contribution in [2.45, 2.75) is 37.6 Å². The summed E-state index contributed by atoms with van der Waals surface area (Å²) in [7, 11) is -3.56. The molecule has 2 aromatic rings. The van der Waals surface area contributed by atoms with Crippen LogP contribution in [0, 0.1) is 13.8 Å². The van der Waals surface area contributed by atoms with Gasteiger partial charge in [0.25, 0.3) is 5.91 Å². The van der Waals surface area contributed by atoms with E-state index in [-0.39, 0.29) is 16.8 Å². The lowest BCUT2D eigenvalue weighted by molar-refractivity contribution is 0.0711. The van der Waals surface area contributed by atoms with Gasteiger partial charge in [0.15, 0.2) is 0 Å². The highest BCUT2D eigenvalue weighted by molar-refractivity contribution is 7.89. The van der Waals surface area contributed by atoms with Crippen LogP contribution in [0.4, 0.5) is 0 Å². The molecule has 1 fully saturated rings. The van der Waals surface area contributed by atoms with Gasteiger partial charge in [-0.15, -0.1) is 0 Å². The van der Waals surface area contributed by atoms with Gasteiger partial charge in [0, 0.05) is 29.7 Å². The SMILES string of the molecule is Cc1ccc(S(=O)(=O)NC2CCN(C(=O)c3ccc(Cl)cc3)CC2)cc1C. The fourth-order valence-electron chi connectivity index (χ4n) is 3.14. The lowest BCUT2D eigenvalue weighted by Crippen LogP contribution is -2.46. The van der Waals surface area contributed by atoms with E-state index in [4.69, 9.17) is 11.6 Å². The molecule has 0 radical (unpaired) electrons. The van der Waals surface area contributed by atoms with Gasteiger partial charge in [-0.25, -0.2) is 13.1 Å². The molecule has 0 aliphatic carbocycles. The molecule has 0 aromatic heterocycles. The third-order valence-electron chi connectivity index (χ3n) is 4.98. The molecule has 1 aliphatic rings. The summed E-state index contributed by atoms with van der Waals surface area (Å²) in [5.41, 5.74) is 2.60. The molecule has 1 amide bonds. The number of halogens is 1. The Morgan fingerprint density at radius 1 is 1.04 bits per heavy atom. The normalized spacial score (nSPS) is 15.7. The Hall–Kier alpha value is -1.89. The average Bonchev–Trinajstić information content (AvgIpc) is 2.64. The minimum Gasteiger partial charge on any atom is -0.339 e. The van der Waals surface area contributed by atoms with Gasteiger partial charge in [-0.05, 0) is 74.2 Å². The van der Waals surface area contributed by atoms with Crippen LogP contribution in [0.5, 0.6) is 0 Å². The summed E-state index contributed by atoms with van der Waals surface area (Å²) in [5, 5.41) is 0.589. The Morgan fingerprint density at radius 3 is 2.26 bits per heavy atom. The number of carbonyl (C=O) groups excluding carboxylic acids is 1. The summed E-state index contributed by atoms with van der Waals surface area (Å²) < 4.78 is 28.0. The highest BCUT2D eigenvalue weighted by Crippen LogP contribution is 2.19. The minimum atomic E-state index is -3.56. The fraction of sp³-hybridized carbons (Fsp3) is 0.350. The maximum absolute atomic E-state index is 12.6. The van der Waals surface area contributed by atoms with E-state index in [1.807, 2.05) is 19.9 Å². The summed E-state index contributed by atoms with van der Waals surface area (Å²) in [6, 6.07) is 11.8. The van der Waals surface area contributed by atoms with E-state index in [9.17, 15) is 13.2 Å². The standard InChI is InChI=1S/C20H23ClN2O3S/c1-14-3-8-19(13-15(14)2)27(25,26)22-18-9-11-23(12-10-18)20(24)16-4-6-17(21)7-5-16/h3-8,13,18,22H,9-12H2,1-2H3. The number of piperidine rings is 1. The van der Waals surface area contributed by atoms with Gasteiger partial charge in [-0.3, -0.25) is 4.79 Å². The van der Waals surface area contributed by atoms with Crippen LogP contribution < -0.4 is 4.72 Å². The molecule has 1 N–H and O–H groups in total. The molecule has 3 rings (SSSR count). The van der Waals surface area contributed by atoms with Crippen molar-refractivity contribution in [3.63, 3.8) is 0 Å². The number of hydrogen-bond donors (Lipinski definition) is 1. The zero-order chi connectivity index (χ0) is 19.6. The summed E-state index contributed by atoms with van der Waals surface area (Å²) in [6.07, 6.45) is 1.17. The number of amides is 1. The molecule has 144 valence electrons. The largest absolute Gasteiger partial charge is 0.339 e. The van der Waals surface area contributed by atoms with Gasteiger partial charge in [0.05, 0.1) is 4.90 Å². The van der Waals surface area contributed by atoms with E-state index in [1.165, 1.54) is 0 Å². The molecule has 7 heteroatoms. The number of likely N-dealkylation sites (tertiary alicyclic amines) is 1. The first-order chi connectivity index (χ1) is 12.8. The number of nitrogens with zero attached hydrogens (tertiary/aromatic N) is 1. The number of aryl methyl sites for hydroxylation is 2. The van der Waals surface area contributed by atoms with E-state index in [1.54, 1.807) is 41.3 Å². The van der Waals surface area contributed by atoms with Crippen LogP contribution in [0.2, 0.25) is 5.02 Å². The van der Waals surface area contributed by atoms with E-state index >= 15 is 0 Å². The van der Waals surface area contributed by atoms with Gasteiger partial charge in [0.1, 0.15) is 0 Å². The molecular formula is C20H23ClN2O3S. The first-order valence-electron chi connectivity index (χ1n) is 8.91. The Bertz CT molecular complexity index is 934. The van der Waals surface area contributed by atoms with Crippen molar-refractivity contribution < 1.29 is 13.2 Å². The lowest BCUT2D eigenvalue weighted by atomic mass is 10.0. The van der Waals surface area contributed by atoms with Crippen LogP contribution in [-0.2, 0) is 10.0 Å². The van der Waals surface area contributed by atoms with Crippen LogP contribution in [0.1, 0.15) is 34.3 Å². The highest BCUT2D eigenvalue weighted by atomic mass is 35.5. The smallest absolute Gasteiger partial charge is 0.253 e. The number of hydrogen-bond acceptors (Lipinski definition) is 3. The first-order valence-corrected chi connectivity index (χ1v) is 10.8. The zero-order valence-corrected chi connectivity index (χ0v) is 17.0. The van der Waals surface area contributed by atoms with Gasteiger partial charge < -0.3 is 4.90 Å². The topological polar surface area (TPSA) is 66.5 Å². The monoisotopic (exact) mass is 406 g/mol. The molecule has 1 aliphatic heterocycles. The molecular weight excluding hydrogens is 384 g/mol. The summed E-state index contributed by atoms with van der Waals surface area (Å²) in [5.74, 6) is -0.0536. The van der Waals surface area contributed by atoms with Gasteiger partial charge in [-0.2, -0.15) is 0 Å². The number of rotatable bonds is 4. The molecule has 0 bridgehead atoms. The van der Waals surface area contributed by atoms with Crippen molar-refractivity contribution in [3.8, 4) is 0 Å². The van der Waals surface area contributed by atoms with E-state index in [2.05, 4.69) is 4.72 Å². The number of benzene rings is 2. The quantitative estimate of drug-likeness (QED) is 0.844. The third-order valence-corrected chi connectivity index (χ3v) is 6.75. The summed E-state index contributed by atoms with van der Waals surface area (Å²) >= 11 is 5.86. The van der Waals surface area contributed by atoms with Crippen LogP contribution in [0.3, 0.4) is 0 Å². The number of sulfonamides is 1. The number of carbonyl (C=O) groups is 1. The van der Waals surface area contributed by atoms with Gasteiger partial charge in [0.2, 0.25) is 10.0 Å². The lowest BCUT2D eigenvalue weighted by Gasteiger charge is -2.32. The molecule has 2 aromatic carbocycles. The molecule has 0 spiro atoms. The Morgan fingerprint density at radius 2 is 1.67 bits per heavy atom. The first kappa shape index (κ1) is 19.9. The average molecular weight is 407 g/mol. The maximum Gasteiger partial charge on any atom is 0.253 e. The Kier molecular flexibility index (Phi) is 5.89. The molecule has 27 heavy (non-hydrogen) atoms. The van der Waals surface area contributed by atoms with Crippen molar-refractivity contribution in [2.24, 2.45) is 0 Å². The van der Waals surface area contributed by atoms with Crippen LogP contribution in [0.25, 0.3) is 0 Å². The summed E-state index contributed by atoms with van der Waals surface area (Å²) in [6.45, 7) is 4.88. The Balaban J connectivity index is 1.61. The maximum atomic E-state index is 12.6. The summed E-state index contributed by atoms with van der Waals surface area (Å²) in [4.78, 5) is 14.6.